The van der Waals surface area contributed by atoms with E-state index in [1.807, 2.05) is 48.5 Å². The average molecular weight is 339 g/mol. The van der Waals surface area contributed by atoms with Gasteiger partial charge in [-0.05, 0) is 48.6 Å². The molecule has 3 rings (SSSR count). The van der Waals surface area contributed by atoms with Gasteiger partial charge in [-0.15, -0.1) is 0 Å². The second-order valence-corrected chi connectivity index (χ2v) is 6.15. The summed E-state index contributed by atoms with van der Waals surface area (Å²) in [5.74, 6) is 3.88. The van der Waals surface area contributed by atoms with Gasteiger partial charge >= 0.3 is 0 Å². The molecule has 0 spiro atoms. The monoisotopic (exact) mass is 339 g/mol. The van der Waals surface area contributed by atoms with Gasteiger partial charge in [-0.1, -0.05) is 24.3 Å². The van der Waals surface area contributed by atoms with E-state index in [0.717, 1.165) is 36.5 Å². The van der Waals surface area contributed by atoms with Gasteiger partial charge < -0.3 is 20.1 Å². The molecule has 0 heterocycles. The van der Waals surface area contributed by atoms with Crippen LogP contribution in [0, 0.1) is 5.92 Å². The number of nitrogens with one attached hydrogen (secondary N) is 2. The van der Waals surface area contributed by atoms with Crippen molar-refractivity contribution in [2.75, 3.05) is 20.7 Å². The highest BCUT2D eigenvalue weighted by atomic mass is 16.5. The molecule has 1 saturated carbocycles. The largest absolute Gasteiger partial charge is 0.493 e. The maximum Gasteiger partial charge on any atom is 0.191 e. The number of methoxy groups -OCH3 is 1. The number of para-hydroxylation sites is 2. The van der Waals surface area contributed by atoms with Crippen molar-refractivity contribution in [1.82, 2.24) is 10.6 Å². The van der Waals surface area contributed by atoms with Gasteiger partial charge in [-0.25, -0.2) is 0 Å². The van der Waals surface area contributed by atoms with E-state index < -0.39 is 0 Å². The van der Waals surface area contributed by atoms with Crippen molar-refractivity contribution >= 4 is 5.96 Å². The van der Waals surface area contributed by atoms with Crippen molar-refractivity contribution in [1.29, 1.82) is 0 Å². The van der Waals surface area contributed by atoms with E-state index in [4.69, 9.17) is 9.47 Å². The molecule has 2 aromatic rings. The smallest absolute Gasteiger partial charge is 0.191 e. The van der Waals surface area contributed by atoms with E-state index in [1.165, 1.54) is 18.4 Å². The number of hydrogen-bond acceptors (Lipinski definition) is 3. The Morgan fingerprint density at radius 2 is 1.76 bits per heavy atom. The summed E-state index contributed by atoms with van der Waals surface area (Å²) in [6, 6.07) is 15.6. The SMILES string of the molecule is CN=C(NCc1ccc(Oc2ccccc2OC)cc1)NCC1CC1. The van der Waals surface area contributed by atoms with E-state index in [1.54, 1.807) is 14.2 Å². The first-order valence-corrected chi connectivity index (χ1v) is 8.63. The average Bonchev–Trinajstić information content (AvgIpc) is 3.48. The molecule has 2 aromatic carbocycles. The van der Waals surface area contributed by atoms with Crippen molar-refractivity contribution < 1.29 is 9.47 Å². The zero-order valence-electron chi connectivity index (χ0n) is 14.8. The summed E-state index contributed by atoms with van der Waals surface area (Å²) in [6.07, 6.45) is 2.66. The van der Waals surface area contributed by atoms with Crippen LogP contribution in [0.25, 0.3) is 0 Å². The predicted molar refractivity (Wildman–Crippen MR) is 100 cm³/mol. The summed E-state index contributed by atoms with van der Waals surface area (Å²) >= 11 is 0. The minimum Gasteiger partial charge on any atom is -0.493 e. The second kappa shape index (κ2) is 8.42. The minimum absolute atomic E-state index is 0.709. The quantitative estimate of drug-likeness (QED) is 0.598. The normalized spacial score (nSPS) is 14.1. The van der Waals surface area contributed by atoms with Crippen molar-refractivity contribution in [2.45, 2.75) is 19.4 Å². The number of benzene rings is 2. The fourth-order valence-corrected chi connectivity index (χ4v) is 2.47. The highest BCUT2D eigenvalue weighted by Crippen LogP contribution is 2.31. The number of rotatable bonds is 7. The lowest BCUT2D eigenvalue weighted by molar-refractivity contribution is 0.379. The second-order valence-electron chi connectivity index (χ2n) is 6.15. The Labute approximate surface area is 149 Å². The van der Waals surface area contributed by atoms with Crippen LogP contribution in [0.5, 0.6) is 17.2 Å². The van der Waals surface area contributed by atoms with Gasteiger partial charge in [0, 0.05) is 20.1 Å². The molecule has 0 aliphatic heterocycles. The highest BCUT2D eigenvalue weighted by molar-refractivity contribution is 5.79. The third-order valence-corrected chi connectivity index (χ3v) is 4.16. The van der Waals surface area contributed by atoms with Crippen molar-refractivity contribution in [3.05, 3.63) is 54.1 Å². The Balaban J connectivity index is 1.52. The molecule has 0 unspecified atom stereocenters. The lowest BCUT2D eigenvalue weighted by Gasteiger charge is -2.12. The molecule has 1 aliphatic carbocycles. The van der Waals surface area contributed by atoms with Crippen LogP contribution in [0.1, 0.15) is 18.4 Å². The van der Waals surface area contributed by atoms with E-state index in [0.29, 0.717) is 5.75 Å². The van der Waals surface area contributed by atoms with Gasteiger partial charge in [0.2, 0.25) is 0 Å². The van der Waals surface area contributed by atoms with Gasteiger partial charge in [0.1, 0.15) is 5.75 Å². The Hall–Kier alpha value is -2.69. The van der Waals surface area contributed by atoms with Crippen LogP contribution in [0.2, 0.25) is 0 Å². The Kier molecular flexibility index (Phi) is 5.77. The van der Waals surface area contributed by atoms with Gasteiger partial charge in [-0.2, -0.15) is 0 Å². The third-order valence-electron chi connectivity index (χ3n) is 4.16. The molecule has 0 amide bonds. The molecule has 5 heteroatoms. The summed E-state index contributed by atoms with van der Waals surface area (Å²) < 4.78 is 11.2. The zero-order chi connectivity index (χ0) is 17.5. The molecule has 0 atom stereocenters. The van der Waals surface area contributed by atoms with Crippen LogP contribution < -0.4 is 20.1 Å². The van der Waals surface area contributed by atoms with Crippen LogP contribution in [-0.2, 0) is 6.54 Å². The maximum atomic E-state index is 5.89. The molecule has 0 saturated heterocycles. The molecule has 2 N–H and O–H groups in total. The lowest BCUT2D eigenvalue weighted by atomic mass is 10.2. The Morgan fingerprint density at radius 1 is 1.04 bits per heavy atom. The lowest BCUT2D eigenvalue weighted by Crippen LogP contribution is -2.37. The number of aliphatic imine (C=N–C) groups is 1. The third kappa shape index (κ3) is 5.14. The molecule has 25 heavy (non-hydrogen) atoms. The predicted octanol–water partition coefficient (Wildman–Crippen LogP) is 3.56. The van der Waals surface area contributed by atoms with E-state index >= 15 is 0 Å². The Bertz CT molecular complexity index is 709. The molecule has 1 fully saturated rings. The summed E-state index contributed by atoms with van der Waals surface area (Å²) in [6.45, 7) is 1.73. The fraction of sp³-hybridized carbons (Fsp3) is 0.350. The zero-order valence-corrected chi connectivity index (χ0v) is 14.8. The molecule has 0 aromatic heterocycles. The van der Waals surface area contributed by atoms with Crippen LogP contribution in [0.3, 0.4) is 0 Å². The first-order valence-electron chi connectivity index (χ1n) is 8.63. The summed E-state index contributed by atoms with van der Waals surface area (Å²) in [4.78, 5) is 4.25. The van der Waals surface area contributed by atoms with Gasteiger partial charge in [0.05, 0.1) is 7.11 Å². The van der Waals surface area contributed by atoms with Gasteiger partial charge in [-0.3, -0.25) is 4.99 Å². The fourth-order valence-electron chi connectivity index (χ4n) is 2.47. The standard InChI is InChI=1S/C20H25N3O2/c1-21-20(22-13-15-7-8-15)23-14-16-9-11-17(12-10-16)25-19-6-4-3-5-18(19)24-2/h3-6,9-12,15H,7-8,13-14H2,1-2H3,(H2,21,22,23). The van der Waals surface area contributed by atoms with Crippen LogP contribution in [0.15, 0.2) is 53.5 Å². The van der Waals surface area contributed by atoms with Crippen molar-refractivity contribution in [3.63, 3.8) is 0 Å². The van der Waals surface area contributed by atoms with Gasteiger partial charge in [0.25, 0.3) is 0 Å². The minimum atomic E-state index is 0.709. The number of ether oxygens (including phenoxy) is 2. The van der Waals surface area contributed by atoms with E-state index in [-0.39, 0.29) is 0 Å². The molecule has 0 bridgehead atoms. The number of nitrogens with zero attached hydrogens (tertiary/aromatic N) is 1. The molecule has 0 radical (unpaired) electrons. The van der Waals surface area contributed by atoms with E-state index in [2.05, 4.69) is 15.6 Å². The molecular formula is C20H25N3O2. The van der Waals surface area contributed by atoms with Crippen molar-refractivity contribution in [3.8, 4) is 17.2 Å². The summed E-state index contributed by atoms with van der Waals surface area (Å²) in [5.41, 5.74) is 1.17. The molecular weight excluding hydrogens is 314 g/mol. The van der Waals surface area contributed by atoms with Crippen LogP contribution >= 0.6 is 0 Å². The van der Waals surface area contributed by atoms with Gasteiger partial charge in [0.15, 0.2) is 17.5 Å². The molecule has 1 aliphatic rings. The number of guanidine groups is 1. The van der Waals surface area contributed by atoms with Crippen molar-refractivity contribution in [2.24, 2.45) is 10.9 Å². The van der Waals surface area contributed by atoms with Crippen LogP contribution in [-0.4, -0.2) is 26.7 Å². The molecule has 132 valence electrons. The molecule has 5 nitrogen and oxygen atoms in total. The summed E-state index contributed by atoms with van der Waals surface area (Å²) in [7, 11) is 3.44. The number of hydrogen-bond donors (Lipinski definition) is 2. The topological polar surface area (TPSA) is 54.9 Å². The highest BCUT2D eigenvalue weighted by Gasteiger charge is 2.20. The Morgan fingerprint density at radius 3 is 2.40 bits per heavy atom. The first kappa shape index (κ1) is 17.1. The maximum absolute atomic E-state index is 5.89. The van der Waals surface area contributed by atoms with E-state index in [9.17, 15) is 0 Å². The summed E-state index contributed by atoms with van der Waals surface area (Å²) in [5, 5.41) is 6.69. The van der Waals surface area contributed by atoms with Crippen LogP contribution in [0.4, 0.5) is 0 Å². The first-order chi connectivity index (χ1) is 12.3.